The van der Waals surface area contributed by atoms with Crippen LogP contribution in [0.5, 0.6) is 0 Å². The van der Waals surface area contributed by atoms with Crippen molar-refractivity contribution in [2.75, 3.05) is 19.4 Å². The van der Waals surface area contributed by atoms with Crippen molar-refractivity contribution < 1.29 is 9.50 Å². The summed E-state index contributed by atoms with van der Waals surface area (Å²) < 4.78 is 16.0. The number of aromatic amines is 1. The normalized spacial score (nSPS) is 11.8. The van der Waals surface area contributed by atoms with Crippen LogP contribution >= 0.6 is 11.9 Å². The fourth-order valence-electron chi connectivity index (χ4n) is 2.19. The lowest BCUT2D eigenvalue weighted by Gasteiger charge is -2.16. The Kier molecular flexibility index (Phi) is 7.20. The Morgan fingerprint density at radius 3 is 2.69 bits per heavy atom. The quantitative estimate of drug-likeness (QED) is 0.550. The molecule has 0 amide bonds. The van der Waals surface area contributed by atoms with E-state index in [0.717, 1.165) is 10.5 Å². The molecular weight excluding hydrogens is 353 g/mol. The van der Waals surface area contributed by atoms with Crippen molar-refractivity contribution in [3.8, 4) is 0 Å². The molecule has 2 rings (SSSR count). The summed E-state index contributed by atoms with van der Waals surface area (Å²) >= 11 is 1.44. The molecule has 2 aromatic rings. The number of hydrogen-bond donors (Lipinski definition) is 3. The zero-order chi connectivity index (χ0) is 19.1. The summed E-state index contributed by atoms with van der Waals surface area (Å²) in [5.41, 5.74) is 1.26. The highest BCUT2D eigenvalue weighted by atomic mass is 32.2. The number of aliphatic hydroxyl groups is 1. The van der Waals surface area contributed by atoms with Crippen molar-refractivity contribution in [2.45, 2.75) is 18.0 Å². The molecule has 0 saturated carbocycles. The van der Waals surface area contributed by atoms with E-state index in [1.807, 2.05) is 18.4 Å². The fourth-order valence-corrected chi connectivity index (χ4v) is 2.92. The van der Waals surface area contributed by atoms with Crippen LogP contribution in [0.15, 0.2) is 64.4 Å². The summed E-state index contributed by atoms with van der Waals surface area (Å²) in [5.74, 6) is -0.489. The molecule has 26 heavy (non-hydrogen) atoms. The molecule has 0 aliphatic rings. The number of anilines is 1. The maximum absolute atomic E-state index is 14.1. The Balaban J connectivity index is 2.32. The molecule has 0 aliphatic carbocycles. The number of aliphatic hydroxyl groups excluding tert-OH is 1. The molecule has 1 atom stereocenters. The van der Waals surface area contributed by atoms with E-state index in [4.69, 9.17) is 0 Å². The maximum Gasteiger partial charge on any atom is 0.248 e. The van der Waals surface area contributed by atoms with Crippen LogP contribution in [0, 0.1) is 12.7 Å². The van der Waals surface area contributed by atoms with Gasteiger partial charge in [-0.2, -0.15) is 0 Å². The van der Waals surface area contributed by atoms with Crippen molar-refractivity contribution in [2.24, 2.45) is 0 Å². The average Bonchev–Trinajstić information content (AvgIpc) is 2.57. The van der Waals surface area contributed by atoms with Crippen molar-refractivity contribution in [3.63, 3.8) is 0 Å². The first-order valence-corrected chi connectivity index (χ1v) is 8.75. The molecule has 0 spiro atoms. The van der Waals surface area contributed by atoms with Gasteiger partial charge in [0.25, 0.3) is 0 Å². The highest BCUT2D eigenvalue weighted by Crippen LogP contribution is 2.26. The lowest BCUT2D eigenvalue weighted by molar-refractivity contribution is 0.202. The minimum atomic E-state index is -1.22. The average molecular weight is 375 g/mol. The third-order valence-corrected chi connectivity index (χ3v) is 4.17. The molecule has 1 aromatic heterocycles. The fraction of sp³-hybridized carbons (Fsp3) is 0.211. The van der Waals surface area contributed by atoms with Gasteiger partial charge < -0.3 is 15.4 Å². The van der Waals surface area contributed by atoms with E-state index in [9.17, 15) is 14.3 Å². The maximum atomic E-state index is 14.1. The van der Waals surface area contributed by atoms with Crippen molar-refractivity contribution in [3.05, 3.63) is 82.0 Å². The number of nitrogens with one attached hydrogen (secondary N) is 2. The number of rotatable bonds is 5. The van der Waals surface area contributed by atoms with Crippen LogP contribution in [0.3, 0.4) is 0 Å². The van der Waals surface area contributed by atoms with Gasteiger partial charge in [-0.3, -0.25) is 9.10 Å². The van der Waals surface area contributed by atoms with Gasteiger partial charge in [-0.1, -0.05) is 6.07 Å². The minimum Gasteiger partial charge on any atom is -0.369 e. The van der Waals surface area contributed by atoms with E-state index in [0.29, 0.717) is 5.69 Å². The third kappa shape index (κ3) is 6.18. The first kappa shape index (κ1) is 20.0. The Labute approximate surface area is 156 Å². The van der Waals surface area contributed by atoms with Crippen LogP contribution < -0.4 is 10.9 Å². The molecule has 0 radical (unpaired) electrons. The Hall–Kier alpha value is -2.35. The predicted octanol–water partition coefficient (Wildman–Crippen LogP) is 3.62. The van der Waals surface area contributed by atoms with Gasteiger partial charge in [-0.05, 0) is 74.9 Å². The summed E-state index contributed by atoms with van der Waals surface area (Å²) in [6, 6.07) is 12.8. The number of aryl methyl sites for hydroxylation is 1. The van der Waals surface area contributed by atoms with Gasteiger partial charge in [0.1, 0.15) is 5.82 Å². The number of benzene rings is 1. The van der Waals surface area contributed by atoms with Gasteiger partial charge in [-0.25, -0.2) is 4.39 Å². The summed E-state index contributed by atoms with van der Waals surface area (Å²) in [4.78, 5) is 14.9. The number of H-pyrrole nitrogens is 1. The van der Waals surface area contributed by atoms with Crippen LogP contribution in [-0.2, 0) is 0 Å². The zero-order valence-electron chi connectivity index (χ0n) is 14.9. The molecule has 0 saturated heterocycles. The topological polar surface area (TPSA) is 68.4 Å². The highest BCUT2D eigenvalue weighted by Gasteiger charge is 2.14. The van der Waals surface area contributed by atoms with Crippen molar-refractivity contribution in [1.82, 2.24) is 9.29 Å². The van der Waals surface area contributed by atoms with Gasteiger partial charge >= 0.3 is 0 Å². The molecule has 1 aromatic carbocycles. The number of hydrogen-bond acceptors (Lipinski definition) is 5. The number of halogens is 1. The van der Waals surface area contributed by atoms with E-state index >= 15 is 0 Å². The molecule has 138 valence electrons. The lowest BCUT2D eigenvalue weighted by Crippen LogP contribution is -2.11. The second kappa shape index (κ2) is 9.38. The standard InChI is InChI=1S/C19H22FN3O2S/c1-13-6-7-14(5-4-10-21-18(24)11-13)22-19(25)16-12-15(26-23(2)3)8-9-17(16)20/h4-12,19,22,25H,1-3H3,(H,21,24). The lowest BCUT2D eigenvalue weighted by atomic mass is 10.2. The van der Waals surface area contributed by atoms with Crippen LogP contribution in [0.25, 0.3) is 0 Å². The first-order chi connectivity index (χ1) is 12.3. The van der Waals surface area contributed by atoms with Crippen LogP contribution in [0.2, 0.25) is 0 Å². The molecule has 1 unspecified atom stereocenters. The molecule has 7 heteroatoms. The van der Waals surface area contributed by atoms with Gasteiger partial charge in [0.2, 0.25) is 5.56 Å². The van der Waals surface area contributed by atoms with E-state index in [-0.39, 0.29) is 11.1 Å². The van der Waals surface area contributed by atoms with Gasteiger partial charge in [0.15, 0.2) is 6.23 Å². The molecule has 0 bridgehead atoms. The number of nitrogens with zero attached hydrogens (tertiary/aromatic N) is 1. The van der Waals surface area contributed by atoms with Crippen molar-refractivity contribution >= 4 is 17.6 Å². The molecule has 0 aliphatic heterocycles. The van der Waals surface area contributed by atoms with E-state index in [1.54, 1.807) is 43.3 Å². The number of aromatic nitrogens is 1. The molecular formula is C19H22FN3O2S. The Bertz CT molecular complexity index is 869. The smallest absolute Gasteiger partial charge is 0.248 e. The summed E-state index contributed by atoms with van der Waals surface area (Å²) in [7, 11) is 3.78. The summed E-state index contributed by atoms with van der Waals surface area (Å²) in [5, 5.41) is 13.3. The predicted molar refractivity (Wildman–Crippen MR) is 104 cm³/mol. The Morgan fingerprint density at radius 1 is 1.19 bits per heavy atom. The summed E-state index contributed by atoms with van der Waals surface area (Å²) in [6.45, 7) is 1.79. The second-order valence-electron chi connectivity index (χ2n) is 5.85. The van der Waals surface area contributed by atoms with Crippen LogP contribution in [0.4, 0.5) is 10.1 Å². The SMILES string of the molecule is Cc1ccc(NC(O)c2cc(SN(C)C)ccc2F)ccc[nH]c(=O)c1. The molecule has 3 N–H and O–H groups in total. The molecule has 0 fully saturated rings. The van der Waals surface area contributed by atoms with E-state index in [2.05, 4.69) is 10.3 Å². The summed E-state index contributed by atoms with van der Waals surface area (Å²) in [6.07, 6.45) is 0.276. The zero-order valence-corrected chi connectivity index (χ0v) is 15.7. The first-order valence-electron chi connectivity index (χ1n) is 7.98. The van der Waals surface area contributed by atoms with Crippen molar-refractivity contribution in [1.29, 1.82) is 0 Å². The van der Waals surface area contributed by atoms with Gasteiger partial charge in [-0.15, -0.1) is 0 Å². The van der Waals surface area contributed by atoms with E-state index < -0.39 is 12.0 Å². The Morgan fingerprint density at radius 2 is 1.96 bits per heavy atom. The van der Waals surface area contributed by atoms with Gasteiger partial charge in [0.05, 0.1) is 0 Å². The largest absolute Gasteiger partial charge is 0.369 e. The molecule has 5 nitrogen and oxygen atoms in total. The third-order valence-electron chi connectivity index (χ3n) is 3.34. The van der Waals surface area contributed by atoms with Crippen LogP contribution in [0.1, 0.15) is 17.4 Å². The van der Waals surface area contributed by atoms with Gasteiger partial charge in [0, 0.05) is 28.4 Å². The highest BCUT2D eigenvalue weighted by molar-refractivity contribution is 7.97. The van der Waals surface area contributed by atoms with E-state index in [1.165, 1.54) is 30.3 Å². The second-order valence-corrected chi connectivity index (χ2v) is 7.23. The minimum absolute atomic E-state index is 0.160. The van der Waals surface area contributed by atoms with Crippen LogP contribution in [-0.4, -0.2) is 28.5 Å². The monoisotopic (exact) mass is 375 g/mol. The molecule has 1 heterocycles.